The first-order valence-electron chi connectivity index (χ1n) is 6.38. The average molecular weight is 326 g/mol. The minimum Gasteiger partial charge on any atom is -0.503 e. The number of hydrogen-bond acceptors (Lipinski definition) is 4. The lowest BCUT2D eigenvalue weighted by Gasteiger charge is -2.28. The second-order valence-electron chi connectivity index (χ2n) is 4.63. The summed E-state index contributed by atoms with van der Waals surface area (Å²) >= 11 is 1.67. The Kier molecular flexibility index (Phi) is 4.98. The SMILES string of the molecule is CSc1ccc(C2OCCn3ccc(=O)c(O)c32)cc1.Cl. The summed E-state index contributed by atoms with van der Waals surface area (Å²) in [6.45, 7) is 1.20. The number of aromatic nitrogens is 1. The minimum absolute atomic E-state index is 0. The highest BCUT2D eigenvalue weighted by Crippen LogP contribution is 2.33. The van der Waals surface area contributed by atoms with Crippen LogP contribution in [-0.4, -0.2) is 22.5 Å². The van der Waals surface area contributed by atoms with Gasteiger partial charge in [0.2, 0.25) is 5.43 Å². The van der Waals surface area contributed by atoms with E-state index in [0.717, 1.165) is 5.56 Å². The van der Waals surface area contributed by atoms with Gasteiger partial charge in [-0.2, -0.15) is 0 Å². The van der Waals surface area contributed by atoms with Crippen LogP contribution in [0.15, 0.2) is 46.2 Å². The molecule has 1 aromatic carbocycles. The van der Waals surface area contributed by atoms with Crippen molar-refractivity contribution in [3.8, 4) is 5.75 Å². The number of benzene rings is 1. The molecule has 0 fully saturated rings. The van der Waals surface area contributed by atoms with Gasteiger partial charge in [-0.3, -0.25) is 4.79 Å². The second kappa shape index (κ2) is 6.56. The van der Waals surface area contributed by atoms with E-state index in [1.165, 1.54) is 11.0 Å². The molecule has 1 atom stereocenters. The van der Waals surface area contributed by atoms with E-state index in [4.69, 9.17) is 4.74 Å². The molecule has 4 nitrogen and oxygen atoms in total. The monoisotopic (exact) mass is 325 g/mol. The van der Waals surface area contributed by atoms with E-state index in [1.54, 1.807) is 18.0 Å². The summed E-state index contributed by atoms with van der Waals surface area (Å²) in [4.78, 5) is 12.8. The number of hydrogen-bond donors (Lipinski definition) is 1. The number of halogens is 1. The van der Waals surface area contributed by atoms with Crippen molar-refractivity contribution in [3.63, 3.8) is 0 Å². The zero-order valence-electron chi connectivity index (χ0n) is 11.5. The predicted octanol–water partition coefficient (Wildman–Crippen LogP) is 2.82. The van der Waals surface area contributed by atoms with E-state index in [-0.39, 0.29) is 23.6 Å². The van der Waals surface area contributed by atoms with Gasteiger partial charge in [-0.25, -0.2) is 0 Å². The Bertz CT molecular complexity index is 684. The minimum atomic E-state index is -0.395. The van der Waals surface area contributed by atoms with Crippen molar-refractivity contribution in [1.29, 1.82) is 0 Å². The van der Waals surface area contributed by atoms with E-state index in [9.17, 15) is 9.90 Å². The number of nitrogens with zero attached hydrogens (tertiary/aromatic N) is 1. The van der Waals surface area contributed by atoms with Crippen LogP contribution in [0.4, 0.5) is 0 Å². The second-order valence-corrected chi connectivity index (χ2v) is 5.51. The van der Waals surface area contributed by atoms with Crippen LogP contribution in [0.1, 0.15) is 17.4 Å². The molecule has 0 bridgehead atoms. The normalized spacial score (nSPS) is 16.9. The molecular formula is C15H16ClNO3S. The number of fused-ring (bicyclic) bond motifs is 1. The maximum Gasteiger partial charge on any atom is 0.223 e. The number of rotatable bonds is 2. The van der Waals surface area contributed by atoms with Crippen molar-refractivity contribution in [1.82, 2.24) is 4.57 Å². The molecule has 0 saturated carbocycles. The molecule has 0 amide bonds. The van der Waals surface area contributed by atoms with Gasteiger partial charge < -0.3 is 14.4 Å². The van der Waals surface area contributed by atoms with Gasteiger partial charge in [0.05, 0.1) is 12.3 Å². The van der Waals surface area contributed by atoms with Gasteiger partial charge in [0.1, 0.15) is 6.10 Å². The zero-order chi connectivity index (χ0) is 14.1. The van der Waals surface area contributed by atoms with Gasteiger partial charge in [-0.05, 0) is 24.0 Å². The van der Waals surface area contributed by atoms with Crippen molar-refractivity contribution < 1.29 is 9.84 Å². The van der Waals surface area contributed by atoms with E-state index in [0.29, 0.717) is 18.8 Å². The molecule has 0 aliphatic carbocycles. The maximum atomic E-state index is 11.6. The highest BCUT2D eigenvalue weighted by atomic mass is 35.5. The summed E-state index contributed by atoms with van der Waals surface area (Å²) in [5.74, 6) is -0.217. The first kappa shape index (κ1) is 15.9. The molecule has 3 rings (SSSR count). The van der Waals surface area contributed by atoms with Crippen molar-refractivity contribution in [2.75, 3.05) is 12.9 Å². The Hall–Kier alpha value is -1.43. The van der Waals surface area contributed by atoms with Crippen LogP contribution in [0, 0.1) is 0 Å². The lowest BCUT2D eigenvalue weighted by atomic mass is 10.0. The fourth-order valence-corrected chi connectivity index (χ4v) is 2.84. The first-order valence-corrected chi connectivity index (χ1v) is 7.61. The number of pyridine rings is 1. The number of aromatic hydroxyl groups is 1. The molecule has 1 unspecified atom stereocenters. The van der Waals surface area contributed by atoms with Crippen LogP contribution < -0.4 is 5.43 Å². The predicted molar refractivity (Wildman–Crippen MR) is 85.6 cm³/mol. The highest BCUT2D eigenvalue weighted by Gasteiger charge is 2.26. The summed E-state index contributed by atoms with van der Waals surface area (Å²) in [5.41, 5.74) is 1.12. The quantitative estimate of drug-likeness (QED) is 0.863. The van der Waals surface area contributed by atoms with Gasteiger partial charge in [0.25, 0.3) is 0 Å². The van der Waals surface area contributed by atoms with Crippen LogP contribution in [0.3, 0.4) is 0 Å². The fraction of sp³-hybridized carbons (Fsp3) is 0.267. The number of ether oxygens (including phenoxy) is 1. The van der Waals surface area contributed by atoms with Crippen LogP contribution in [-0.2, 0) is 11.3 Å². The summed E-state index contributed by atoms with van der Waals surface area (Å²) in [6.07, 6.45) is 3.34. The Morgan fingerprint density at radius 1 is 1.29 bits per heavy atom. The van der Waals surface area contributed by atoms with E-state index < -0.39 is 6.10 Å². The lowest BCUT2D eigenvalue weighted by Crippen LogP contribution is -2.26. The molecule has 0 spiro atoms. The molecule has 6 heteroatoms. The number of thioether (sulfide) groups is 1. The Morgan fingerprint density at radius 3 is 2.67 bits per heavy atom. The van der Waals surface area contributed by atoms with Gasteiger partial charge in [-0.1, -0.05) is 12.1 Å². The topological polar surface area (TPSA) is 51.5 Å². The van der Waals surface area contributed by atoms with Crippen molar-refractivity contribution in [2.45, 2.75) is 17.5 Å². The van der Waals surface area contributed by atoms with Gasteiger partial charge >= 0.3 is 0 Å². The molecular weight excluding hydrogens is 310 g/mol. The Labute approximate surface area is 133 Å². The summed E-state index contributed by atoms with van der Waals surface area (Å²) < 4.78 is 7.66. The largest absolute Gasteiger partial charge is 0.503 e. The Balaban J connectivity index is 0.00000161. The molecule has 1 N–H and O–H groups in total. The smallest absolute Gasteiger partial charge is 0.223 e. The fourth-order valence-electron chi connectivity index (χ4n) is 2.43. The van der Waals surface area contributed by atoms with Crippen LogP contribution in [0.2, 0.25) is 0 Å². The summed E-state index contributed by atoms with van der Waals surface area (Å²) in [6, 6.07) is 9.37. The van der Waals surface area contributed by atoms with Gasteiger partial charge in [0.15, 0.2) is 5.75 Å². The zero-order valence-corrected chi connectivity index (χ0v) is 13.1. The Morgan fingerprint density at radius 2 is 2.00 bits per heavy atom. The standard InChI is InChI=1S/C15H15NO3S.ClH/c1-20-11-4-2-10(3-5-11)15-13-14(18)12(17)6-7-16(13)8-9-19-15;/h2-7,15,18H,8-9H2,1H3;1H. The van der Waals surface area contributed by atoms with Gasteiger partial charge in [-0.15, -0.1) is 24.2 Å². The maximum absolute atomic E-state index is 11.6. The van der Waals surface area contributed by atoms with Crippen molar-refractivity contribution >= 4 is 24.2 Å². The third-order valence-electron chi connectivity index (χ3n) is 3.47. The van der Waals surface area contributed by atoms with E-state index >= 15 is 0 Å². The first-order chi connectivity index (χ1) is 9.70. The third-order valence-corrected chi connectivity index (χ3v) is 4.22. The third kappa shape index (κ3) is 2.95. The van der Waals surface area contributed by atoms with Crippen LogP contribution in [0.5, 0.6) is 5.75 Å². The molecule has 2 aromatic rings. The van der Waals surface area contributed by atoms with E-state index in [1.807, 2.05) is 35.1 Å². The molecule has 1 aliphatic heterocycles. The summed E-state index contributed by atoms with van der Waals surface area (Å²) in [5, 5.41) is 10.1. The molecule has 1 aromatic heterocycles. The van der Waals surface area contributed by atoms with Crippen molar-refractivity contribution in [2.24, 2.45) is 0 Å². The average Bonchev–Trinajstić information content (AvgIpc) is 2.50. The molecule has 2 heterocycles. The highest BCUT2D eigenvalue weighted by molar-refractivity contribution is 7.98. The van der Waals surface area contributed by atoms with E-state index in [2.05, 4.69) is 0 Å². The van der Waals surface area contributed by atoms with Crippen LogP contribution in [0.25, 0.3) is 0 Å². The van der Waals surface area contributed by atoms with Gasteiger partial charge in [0, 0.05) is 23.7 Å². The molecule has 1 aliphatic rings. The molecule has 21 heavy (non-hydrogen) atoms. The van der Waals surface area contributed by atoms with Crippen molar-refractivity contribution in [3.05, 3.63) is 58.0 Å². The van der Waals surface area contributed by atoms with Crippen LogP contribution >= 0.6 is 24.2 Å². The molecule has 112 valence electrons. The molecule has 0 radical (unpaired) electrons. The molecule has 0 saturated heterocycles. The summed E-state index contributed by atoms with van der Waals surface area (Å²) in [7, 11) is 0. The lowest BCUT2D eigenvalue weighted by molar-refractivity contribution is 0.0428.